The lowest BCUT2D eigenvalue weighted by molar-refractivity contribution is 0.103. The number of piperidine rings is 1. The molecule has 2 aliphatic heterocycles. The van der Waals surface area contributed by atoms with Crippen molar-refractivity contribution in [3.05, 3.63) is 47.0 Å². The number of hydrogen-bond acceptors (Lipinski definition) is 7. The topological polar surface area (TPSA) is 72.9 Å². The molecule has 5 rings (SSSR count). The number of rotatable bonds is 5. The van der Waals surface area contributed by atoms with Crippen LogP contribution in [-0.2, 0) is 6.54 Å². The second-order valence-electron chi connectivity index (χ2n) is 8.34. The van der Waals surface area contributed by atoms with Crippen LogP contribution in [-0.4, -0.2) is 60.3 Å². The third-order valence-corrected chi connectivity index (χ3v) is 7.18. The van der Waals surface area contributed by atoms with E-state index in [0.29, 0.717) is 16.6 Å². The van der Waals surface area contributed by atoms with E-state index in [1.54, 1.807) is 12.5 Å². The number of likely N-dealkylation sites (tertiary alicyclic amines) is 1. The van der Waals surface area contributed by atoms with Crippen molar-refractivity contribution in [2.45, 2.75) is 25.4 Å². The number of amides is 1. The first kappa shape index (κ1) is 20.1. The molecule has 0 atom stereocenters. The molecule has 2 N–H and O–H groups in total. The highest BCUT2D eigenvalue weighted by Crippen LogP contribution is 2.42. The fourth-order valence-corrected chi connectivity index (χ4v) is 5.32. The highest BCUT2D eigenvalue weighted by Gasteiger charge is 2.23. The van der Waals surface area contributed by atoms with Crippen LogP contribution in [0.25, 0.3) is 10.2 Å². The first-order valence-corrected chi connectivity index (χ1v) is 11.4. The minimum absolute atomic E-state index is 0.151. The second-order valence-corrected chi connectivity index (χ2v) is 9.34. The van der Waals surface area contributed by atoms with Gasteiger partial charge in [-0.2, -0.15) is 0 Å². The minimum Gasteiger partial charge on any atom is -0.346 e. The van der Waals surface area contributed by atoms with Crippen LogP contribution in [0.4, 0.5) is 17.1 Å². The number of thiophene rings is 1. The van der Waals surface area contributed by atoms with E-state index in [1.165, 1.54) is 29.7 Å². The quantitative estimate of drug-likeness (QED) is 0.631. The Bertz CT molecular complexity index is 1130. The smallest absolute Gasteiger partial charge is 0.268 e. The molecule has 0 saturated carbocycles. The Kier molecular flexibility index (Phi) is 5.43. The lowest BCUT2D eigenvalue weighted by atomic mass is 10.0. The molecular formula is C23H26N6OS. The number of aromatic nitrogens is 1. The highest BCUT2D eigenvalue weighted by atomic mass is 32.1. The summed E-state index contributed by atoms with van der Waals surface area (Å²) < 4.78 is 0. The first-order valence-electron chi connectivity index (χ1n) is 10.6. The van der Waals surface area contributed by atoms with Crippen LogP contribution in [0.5, 0.6) is 0 Å². The molecule has 0 spiro atoms. The van der Waals surface area contributed by atoms with Gasteiger partial charge >= 0.3 is 0 Å². The molecule has 2 aromatic heterocycles. The first-order chi connectivity index (χ1) is 15.1. The van der Waals surface area contributed by atoms with E-state index in [9.17, 15) is 4.79 Å². The van der Waals surface area contributed by atoms with Crippen LogP contribution >= 0.6 is 11.3 Å². The maximum Gasteiger partial charge on any atom is 0.268 e. The largest absolute Gasteiger partial charge is 0.346 e. The van der Waals surface area contributed by atoms with Crippen LogP contribution in [0.3, 0.4) is 0 Å². The summed E-state index contributed by atoms with van der Waals surface area (Å²) >= 11 is 1.37. The molecule has 8 heteroatoms. The number of benzene rings is 1. The lowest BCUT2D eigenvalue weighted by Gasteiger charge is -2.35. The van der Waals surface area contributed by atoms with Crippen LogP contribution in [0.1, 0.15) is 28.1 Å². The Balaban J connectivity index is 1.25. The van der Waals surface area contributed by atoms with Gasteiger partial charge in [-0.3, -0.25) is 9.69 Å². The van der Waals surface area contributed by atoms with E-state index in [1.807, 2.05) is 18.2 Å². The molecule has 4 heterocycles. The summed E-state index contributed by atoms with van der Waals surface area (Å²) in [7, 11) is 4.33. The Morgan fingerprint density at radius 3 is 2.74 bits per heavy atom. The molecule has 7 nitrogen and oxygen atoms in total. The van der Waals surface area contributed by atoms with Gasteiger partial charge in [-0.25, -0.2) is 9.98 Å². The Morgan fingerprint density at radius 1 is 1.23 bits per heavy atom. The molecule has 0 bridgehead atoms. The summed E-state index contributed by atoms with van der Waals surface area (Å²) in [4.78, 5) is 28.0. The molecule has 160 valence electrons. The van der Waals surface area contributed by atoms with Gasteiger partial charge < -0.3 is 15.5 Å². The molecule has 1 saturated heterocycles. The molecular weight excluding hydrogens is 408 g/mol. The standard InChI is InChI=1S/C23H26N6OS/c1-28(2)17-8-11-29(12-9-17)13-15-3-5-16(6-4-15)27-22(30)21-20-19-18(25-14-26-20)7-10-24-23(19)31-21/h3-7,10,14,17H,8-9,11-13H2,1-2H3,(H,25,26)(H,27,30). The van der Waals surface area contributed by atoms with Crippen molar-refractivity contribution < 1.29 is 4.79 Å². The zero-order chi connectivity index (χ0) is 21.4. The number of pyridine rings is 1. The van der Waals surface area contributed by atoms with Crippen LogP contribution in [0.15, 0.2) is 41.5 Å². The number of aliphatic imine (C=N–C) groups is 1. The number of carbonyl (C=O) groups excluding carboxylic acids is 1. The fraction of sp³-hybridized carbons (Fsp3) is 0.348. The van der Waals surface area contributed by atoms with Gasteiger partial charge in [-0.05, 0) is 63.8 Å². The summed E-state index contributed by atoms with van der Waals surface area (Å²) in [6.45, 7) is 3.20. The van der Waals surface area contributed by atoms with Gasteiger partial charge in [-0.15, -0.1) is 11.3 Å². The Morgan fingerprint density at radius 2 is 2.00 bits per heavy atom. The number of anilines is 2. The van der Waals surface area contributed by atoms with Crippen LogP contribution < -0.4 is 10.6 Å². The monoisotopic (exact) mass is 434 g/mol. The van der Waals surface area contributed by atoms with Crippen molar-refractivity contribution in [3.8, 4) is 0 Å². The predicted molar refractivity (Wildman–Crippen MR) is 128 cm³/mol. The second kappa shape index (κ2) is 8.37. The van der Waals surface area contributed by atoms with E-state index in [4.69, 9.17) is 0 Å². The van der Waals surface area contributed by atoms with Crippen molar-refractivity contribution in [3.63, 3.8) is 0 Å². The van der Waals surface area contributed by atoms with E-state index in [2.05, 4.69) is 56.6 Å². The van der Waals surface area contributed by atoms with E-state index in [0.717, 1.165) is 41.2 Å². The van der Waals surface area contributed by atoms with E-state index in [-0.39, 0.29) is 5.91 Å². The van der Waals surface area contributed by atoms with Crippen molar-refractivity contribution in [1.82, 2.24) is 14.8 Å². The van der Waals surface area contributed by atoms with Gasteiger partial charge in [0.2, 0.25) is 0 Å². The highest BCUT2D eigenvalue weighted by molar-refractivity contribution is 7.21. The molecule has 0 unspecified atom stereocenters. The zero-order valence-corrected chi connectivity index (χ0v) is 18.6. The summed E-state index contributed by atoms with van der Waals surface area (Å²) in [6, 6.07) is 10.8. The van der Waals surface area contributed by atoms with Gasteiger partial charge in [0, 0.05) is 24.5 Å². The summed E-state index contributed by atoms with van der Waals surface area (Å²) in [6.07, 6.45) is 5.80. The molecule has 1 fully saturated rings. The van der Waals surface area contributed by atoms with Crippen LogP contribution in [0, 0.1) is 0 Å². The molecule has 3 aromatic rings. The predicted octanol–water partition coefficient (Wildman–Crippen LogP) is 4.16. The van der Waals surface area contributed by atoms with Gasteiger partial charge in [0.05, 0.1) is 23.1 Å². The number of nitrogens with zero attached hydrogens (tertiary/aromatic N) is 4. The van der Waals surface area contributed by atoms with Crippen molar-refractivity contribution in [2.75, 3.05) is 37.8 Å². The van der Waals surface area contributed by atoms with Gasteiger partial charge in [0.15, 0.2) is 0 Å². The Hall–Kier alpha value is -2.81. The molecule has 31 heavy (non-hydrogen) atoms. The van der Waals surface area contributed by atoms with Crippen molar-refractivity contribution in [2.24, 2.45) is 4.99 Å². The van der Waals surface area contributed by atoms with Crippen molar-refractivity contribution >= 4 is 50.9 Å². The minimum atomic E-state index is -0.151. The number of hydrogen-bond donors (Lipinski definition) is 2. The average Bonchev–Trinajstić information content (AvgIpc) is 3.16. The zero-order valence-electron chi connectivity index (χ0n) is 17.8. The fourth-order valence-electron chi connectivity index (χ4n) is 4.30. The third-order valence-electron chi connectivity index (χ3n) is 6.09. The Labute approximate surface area is 185 Å². The molecule has 1 aromatic carbocycles. The molecule has 1 amide bonds. The molecule has 0 radical (unpaired) electrons. The molecule has 0 aliphatic carbocycles. The van der Waals surface area contributed by atoms with Crippen LogP contribution in [0.2, 0.25) is 0 Å². The summed E-state index contributed by atoms with van der Waals surface area (Å²) in [5, 5.41) is 7.04. The van der Waals surface area contributed by atoms with Gasteiger partial charge in [0.1, 0.15) is 9.71 Å². The third kappa shape index (κ3) is 4.06. The molecule has 2 aliphatic rings. The normalized spacial score (nSPS) is 16.6. The van der Waals surface area contributed by atoms with E-state index < -0.39 is 0 Å². The summed E-state index contributed by atoms with van der Waals surface area (Å²) in [5.74, 6) is -0.151. The maximum atomic E-state index is 13.0. The van der Waals surface area contributed by atoms with Crippen molar-refractivity contribution in [1.29, 1.82) is 0 Å². The lowest BCUT2D eigenvalue weighted by Crippen LogP contribution is -2.41. The van der Waals surface area contributed by atoms with E-state index >= 15 is 0 Å². The average molecular weight is 435 g/mol. The maximum absolute atomic E-state index is 13.0. The summed E-state index contributed by atoms with van der Waals surface area (Å²) in [5.41, 5.74) is 3.68. The number of nitrogens with one attached hydrogen (secondary N) is 2. The number of carbonyl (C=O) groups is 1. The SMILES string of the molecule is CN(C)C1CCN(Cc2ccc(NC(=O)c3sc4nccc5c4c3N=CN5)cc2)CC1. The van der Waals surface area contributed by atoms with Gasteiger partial charge in [-0.1, -0.05) is 12.1 Å². The van der Waals surface area contributed by atoms with Gasteiger partial charge in [0.25, 0.3) is 5.91 Å².